The number of pyridine rings is 2. The standard InChI is InChI=1S/C41H57N3O4/c1-6-7-12-30-22-36(48-37(30)25-44(24-33-14-9-11-19-43-33)20-17-32-13-8-10-18-42-32)38-31-21-35(27(2)3)41(38,39(46)47)40(23-31,26-45)34-16-15-28(4)29(34)5/h8-11,13-14,18-19,21,26-31,34,36-38H,6-7,12,15-17,20,22-25H2,1-5H3,(H,46,47)/t28-,29?,30?,31?,34-,36?,37?,38?,40?,41?/m1/s1. The predicted molar refractivity (Wildman–Crippen MR) is 188 cm³/mol. The number of hydrogen-bond donors (Lipinski definition) is 1. The van der Waals surface area contributed by atoms with Crippen LogP contribution in [-0.4, -0.2) is 57.5 Å². The molecular weight excluding hydrogens is 598 g/mol. The van der Waals surface area contributed by atoms with Gasteiger partial charge in [-0.1, -0.05) is 77.7 Å². The number of carbonyl (C=O) groups is 2. The van der Waals surface area contributed by atoms with Crippen LogP contribution in [0.4, 0.5) is 0 Å². The van der Waals surface area contributed by atoms with E-state index in [2.05, 4.69) is 67.7 Å². The van der Waals surface area contributed by atoms with Crippen LogP contribution in [0.2, 0.25) is 0 Å². The highest BCUT2D eigenvalue weighted by atomic mass is 16.5. The average Bonchev–Trinajstić information content (AvgIpc) is 3.82. The first kappa shape index (κ1) is 34.9. The van der Waals surface area contributed by atoms with Crippen molar-refractivity contribution in [1.82, 2.24) is 14.9 Å². The minimum absolute atomic E-state index is 0.0154. The number of aromatic nitrogens is 2. The van der Waals surface area contributed by atoms with E-state index in [1.54, 1.807) is 0 Å². The Morgan fingerprint density at radius 1 is 1.10 bits per heavy atom. The van der Waals surface area contributed by atoms with Crippen molar-refractivity contribution in [2.24, 2.45) is 52.3 Å². The van der Waals surface area contributed by atoms with Gasteiger partial charge in [0, 0.05) is 55.5 Å². The molecule has 1 saturated heterocycles. The summed E-state index contributed by atoms with van der Waals surface area (Å²) in [5.74, 6) is 0.261. The SMILES string of the molecule is CCCCC1CC(C2C3C=C(C(C)C)C2(C(=O)O)C(C=O)([C@@H]2CC[C@@H](C)C2C)C3)OC1CN(CCc1ccccn1)Cc1ccccn1. The molecule has 260 valence electrons. The van der Waals surface area contributed by atoms with Gasteiger partial charge in [0.05, 0.1) is 17.9 Å². The monoisotopic (exact) mass is 655 g/mol. The molecule has 1 aliphatic heterocycles. The number of carboxylic acid groups (broad SMARTS) is 1. The lowest BCUT2D eigenvalue weighted by Gasteiger charge is -2.50. The first-order chi connectivity index (χ1) is 23.2. The van der Waals surface area contributed by atoms with Crippen molar-refractivity contribution in [2.75, 3.05) is 13.1 Å². The molecule has 48 heavy (non-hydrogen) atoms. The second-order valence-corrected chi connectivity index (χ2v) is 15.9. The molecule has 4 aliphatic rings. The summed E-state index contributed by atoms with van der Waals surface area (Å²) >= 11 is 0. The second-order valence-electron chi connectivity index (χ2n) is 15.9. The van der Waals surface area contributed by atoms with Crippen molar-refractivity contribution < 1.29 is 19.4 Å². The van der Waals surface area contributed by atoms with Gasteiger partial charge in [-0.15, -0.1) is 0 Å². The average molecular weight is 656 g/mol. The molecule has 2 bridgehead atoms. The molecular formula is C41H57N3O4. The smallest absolute Gasteiger partial charge is 0.315 e. The Balaban J connectivity index is 1.32. The number of aliphatic carboxylic acids is 1. The predicted octanol–water partition coefficient (Wildman–Crippen LogP) is 7.66. The molecule has 6 rings (SSSR count). The number of allylic oxidation sites excluding steroid dienone is 1. The Morgan fingerprint density at radius 2 is 1.83 bits per heavy atom. The molecule has 7 nitrogen and oxygen atoms in total. The van der Waals surface area contributed by atoms with Crippen LogP contribution < -0.4 is 0 Å². The minimum atomic E-state index is -1.22. The van der Waals surface area contributed by atoms with Gasteiger partial charge in [-0.2, -0.15) is 0 Å². The van der Waals surface area contributed by atoms with E-state index in [1.165, 1.54) is 0 Å². The molecule has 7 heteroatoms. The normalized spacial score (nSPS) is 35.9. The Hall–Kier alpha value is -2.90. The van der Waals surface area contributed by atoms with Crippen molar-refractivity contribution in [3.8, 4) is 0 Å². The number of nitrogens with zero attached hydrogens (tertiary/aromatic N) is 3. The van der Waals surface area contributed by atoms with Crippen molar-refractivity contribution in [3.05, 3.63) is 71.8 Å². The quantitative estimate of drug-likeness (QED) is 0.156. The van der Waals surface area contributed by atoms with Gasteiger partial charge in [-0.3, -0.25) is 19.7 Å². The topological polar surface area (TPSA) is 92.6 Å². The van der Waals surface area contributed by atoms with Gasteiger partial charge in [-0.25, -0.2) is 0 Å². The van der Waals surface area contributed by atoms with Crippen LogP contribution in [0.25, 0.3) is 0 Å². The van der Waals surface area contributed by atoms with E-state index < -0.39 is 16.8 Å². The fraction of sp³-hybridized carbons (Fsp3) is 0.659. The van der Waals surface area contributed by atoms with Crippen molar-refractivity contribution in [2.45, 2.75) is 105 Å². The molecule has 3 aliphatic carbocycles. The van der Waals surface area contributed by atoms with Crippen LogP contribution in [0, 0.1) is 52.3 Å². The Labute approximate surface area is 288 Å². The first-order valence-electron chi connectivity index (χ1n) is 18.8. The summed E-state index contributed by atoms with van der Waals surface area (Å²) < 4.78 is 7.22. The van der Waals surface area contributed by atoms with Crippen molar-refractivity contribution >= 4 is 12.3 Å². The maximum atomic E-state index is 14.0. The number of fused-ring (bicyclic) bond motifs is 2. The fourth-order valence-electron chi connectivity index (χ4n) is 10.8. The molecule has 1 N–H and O–H groups in total. The van der Waals surface area contributed by atoms with E-state index in [9.17, 15) is 14.7 Å². The maximum Gasteiger partial charge on any atom is 0.315 e. The molecule has 0 spiro atoms. The largest absolute Gasteiger partial charge is 0.481 e. The second kappa shape index (κ2) is 14.5. The highest BCUT2D eigenvalue weighted by Crippen LogP contribution is 2.74. The number of carboxylic acids is 1. The molecule has 0 aromatic carbocycles. The van der Waals surface area contributed by atoms with Gasteiger partial charge in [0.1, 0.15) is 11.7 Å². The van der Waals surface area contributed by atoms with Crippen LogP contribution in [0.3, 0.4) is 0 Å². The van der Waals surface area contributed by atoms with Crippen LogP contribution >= 0.6 is 0 Å². The summed E-state index contributed by atoms with van der Waals surface area (Å²) in [5.41, 5.74) is 0.937. The van der Waals surface area contributed by atoms with Gasteiger partial charge in [0.2, 0.25) is 0 Å². The van der Waals surface area contributed by atoms with Crippen molar-refractivity contribution in [3.63, 3.8) is 0 Å². The number of hydrogen-bond acceptors (Lipinski definition) is 6. The minimum Gasteiger partial charge on any atom is -0.481 e. The Morgan fingerprint density at radius 3 is 2.42 bits per heavy atom. The molecule has 3 heterocycles. The number of ether oxygens (including phenoxy) is 1. The van der Waals surface area contributed by atoms with Crippen LogP contribution in [-0.2, 0) is 27.3 Å². The first-order valence-corrected chi connectivity index (χ1v) is 18.8. The lowest BCUT2D eigenvalue weighted by Crippen LogP contribution is -2.56. The maximum absolute atomic E-state index is 14.0. The summed E-state index contributed by atoms with van der Waals surface area (Å²) in [6, 6.07) is 12.1. The van der Waals surface area contributed by atoms with Crippen molar-refractivity contribution in [1.29, 1.82) is 0 Å². The van der Waals surface area contributed by atoms with Gasteiger partial charge in [0.15, 0.2) is 0 Å². The highest BCUT2D eigenvalue weighted by Gasteiger charge is 2.77. The lowest BCUT2D eigenvalue weighted by atomic mass is 9.51. The fourth-order valence-corrected chi connectivity index (χ4v) is 10.8. The van der Waals surface area contributed by atoms with Crippen LogP contribution in [0.15, 0.2) is 60.4 Å². The third-order valence-electron chi connectivity index (χ3n) is 13.1. The van der Waals surface area contributed by atoms with Crippen LogP contribution in [0.5, 0.6) is 0 Å². The zero-order valence-electron chi connectivity index (χ0n) is 29.8. The molecule has 0 radical (unpaired) electrons. The van der Waals surface area contributed by atoms with E-state index in [-0.39, 0.29) is 35.9 Å². The number of carbonyl (C=O) groups excluding carboxylic acids is 1. The van der Waals surface area contributed by atoms with E-state index in [1.807, 2.05) is 36.7 Å². The zero-order chi connectivity index (χ0) is 34.1. The summed E-state index contributed by atoms with van der Waals surface area (Å²) in [4.78, 5) is 39.3. The van der Waals surface area contributed by atoms with E-state index in [0.717, 1.165) is 87.8 Å². The van der Waals surface area contributed by atoms with E-state index >= 15 is 0 Å². The summed E-state index contributed by atoms with van der Waals surface area (Å²) in [7, 11) is 0. The number of aldehydes is 1. The Bertz CT molecular complexity index is 1430. The van der Waals surface area contributed by atoms with E-state index in [4.69, 9.17) is 4.74 Å². The molecule has 2 aromatic heterocycles. The summed E-state index contributed by atoms with van der Waals surface area (Å²) in [6.07, 6.45) is 14.5. The van der Waals surface area contributed by atoms with Gasteiger partial charge in [-0.05, 0) is 85.5 Å². The number of rotatable bonds is 15. The molecule has 0 amide bonds. The highest BCUT2D eigenvalue weighted by molar-refractivity contribution is 5.89. The summed E-state index contributed by atoms with van der Waals surface area (Å²) in [6.45, 7) is 13.3. The van der Waals surface area contributed by atoms with Gasteiger partial charge >= 0.3 is 5.97 Å². The lowest BCUT2D eigenvalue weighted by molar-refractivity contribution is -0.167. The van der Waals surface area contributed by atoms with Gasteiger partial charge in [0.25, 0.3) is 0 Å². The van der Waals surface area contributed by atoms with E-state index in [0.29, 0.717) is 24.2 Å². The molecule has 8 unspecified atom stereocenters. The zero-order valence-corrected chi connectivity index (χ0v) is 29.8. The molecule has 2 saturated carbocycles. The molecule has 2 aromatic rings. The summed E-state index contributed by atoms with van der Waals surface area (Å²) in [5, 5.41) is 11.5. The van der Waals surface area contributed by atoms with Crippen LogP contribution in [0.1, 0.15) is 91.0 Å². The third-order valence-corrected chi connectivity index (χ3v) is 13.1. The third kappa shape index (κ3) is 6.08. The molecule has 10 atom stereocenters. The van der Waals surface area contributed by atoms with Gasteiger partial charge < -0.3 is 14.6 Å². The Kier molecular flexibility index (Phi) is 10.6. The number of unbranched alkanes of at least 4 members (excludes halogenated alkanes) is 1. The molecule has 3 fully saturated rings.